The van der Waals surface area contributed by atoms with Gasteiger partial charge < -0.3 is 19.8 Å². The van der Waals surface area contributed by atoms with E-state index in [1.165, 1.54) is 10.6 Å². The Bertz CT molecular complexity index is 590. The van der Waals surface area contributed by atoms with Crippen LogP contribution in [0.3, 0.4) is 0 Å². The van der Waals surface area contributed by atoms with E-state index in [-0.39, 0.29) is 5.56 Å². The Morgan fingerprint density at radius 3 is 2.47 bits per heavy atom. The van der Waals surface area contributed by atoms with Crippen LogP contribution in [0.15, 0.2) is 47.4 Å². The van der Waals surface area contributed by atoms with Crippen molar-refractivity contribution in [2.24, 2.45) is 0 Å². The number of hydrogen-bond acceptors (Lipinski definition) is 4. The van der Waals surface area contributed by atoms with Gasteiger partial charge in [-0.2, -0.15) is 0 Å². The second-order valence-electron chi connectivity index (χ2n) is 4.02. The lowest BCUT2D eigenvalue weighted by Gasteiger charge is -2.09. The topological polar surface area (TPSA) is 66.5 Å². The lowest BCUT2D eigenvalue weighted by molar-refractivity contribution is 0.296. The van der Waals surface area contributed by atoms with Crippen molar-refractivity contribution < 1.29 is 9.47 Å². The molecule has 5 nitrogen and oxygen atoms in total. The van der Waals surface area contributed by atoms with Gasteiger partial charge in [-0.05, 0) is 30.3 Å². The van der Waals surface area contributed by atoms with E-state index in [9.17, 15) is 4.79 Å². The zero-order valence-corrected chi connectivity index (χ0v) is 10.7. The Hall–Kier alpha value is -2.43. The number of hydrogen-bond donors (Lipinski definition) is 1. The van der Waals surface area contributed by atoms with E-state index in [1.54, 1.807) is 19.4 Å². The van der Waals surface area contributed by atoms with E-state index in [0.29, 0.717) is 18.8 Å². The molecule has 0 bridgehead atoms. The van der Waals surface area contributed by atoms with Gasteiger partial charge in [-0.1, -0.05) is 0 Å². The molecule has 0 spiro atoms. The first-order chi connectivity index (χ1) is 9.19. The predicted molar refractivity (Wildman–Crippen MR) is 73.6 cm³/mol. The van der Waals surface area contributed by atoms with Crippen molar-refractivity contribution >= 4 is 5.69 Å². The summed E-state index contributed by atoms with van der Waals surface area (Å²) in [6.45, 7) is 0.853. The molecule has 0 unspecified atom stereocenters. The summed E-state index contributed by atoms with van der Waals surface area (Å²) in [6, 6.07) is 10.3. The molecule has 0 radical (unpaired) electrons. The number of methoxy groups -OCH3 is 1. The summed E-state index contributed by atoms with van der Waals surface area (Å²) >= 11 is 0. The summed E-state index contributed by atoms with van der Waals surface area (Å²) in [5.41, 5.74) is 6.10. The SMILES string of the molecule is COc1ccc(OCCn2cc(N)ccc2=O)cc1. The smallest absolute Gasteiger partial charge is 0.250 e. The van der Waals surface area contributed by atoms with Gasteiger partial charge in [0, 0.05) is 18.0 Å². The number of nitrogens with two attached hydrogens (primary N) is 1. The number of benzene rings is 1. The van der Waals surface area contributed by atoms with Gasteiger partial charge in [0.1, 0.15) is 18.1 Å². The molecule has 5 heteroatoms. The van der Waals surface area contributed by atoms with Crippen molar-refractivity contribution in [3.8, 4) is 11.5 Å². The van der Waals surface area contributed by atoms with Crippen LogP contribution in [0, 0.1) is 0 Å². The molecule has 0 aliphatic carbocycles. The van der Waals surface area contributed by atoms with Crippen molar-refractivity contribution in [2.45, 2.75) is 6.54 Å². The lowest BCUT2D eigenvalue weighted by atomic mass is 10.3. The molecular weight excluding hydrogens is 244 g/mol. The average molecular weight is 260 g/mol. The third-order valence-corrected chi connectivity index (χ3v) is 2.67. The van der Waals surface area contributed by atoms with Crippen LogP contribution in [-0.4, -0.2) is 18.3 Å². The fourth-order valence-corrected chi connectivity index (χ4v) is 1.66. The standard InChI is InChI=1S/C14H16N2O3/c1-18-12-3-5-13(6-4-12)19-9-8-16-10-11(15)2-7-14(16)17/h2-7,10H,8-9,15H2,1H3. The molecule has 0 fully saturated rings. The van der Waals surface area contributed by atoms with Crippen molar-refractivity contribution in [1.29, 1.82) is 0 Å². The van der Waals surface area contributed by atoms with Gasteiger partial charge in [0.15, 0.2) is 0 Å². The van der Waals surface area contributed by atoms with Crippen molar-refractivity contribution in [3.05, 3.63) is 52.9 Å². The molecule has 2 N–H and O–H groups in total. The first kappa shape index (κ1) is 13.0. The fourth-order valence-electron chi connectivity index (χ4n) is 1.66. The van der Waals surface area contributed by atoms with E-state index in [0.717, 1.165) is 11.5 Å². The Kier molecular flexibility index (Phi) is 4.07. The predicted octanol–water partition coefficient (Wildman–Crippen LogP) is 1.52. The van der Waals surface area contributed by atoms with Gasteiger partial charge in [-0.15, -0.1) is 0 Å². The van der Waals surface area contributed by atoms with Gasteiger partial charge in [0.2, 0.25) is 0 Å². The molecule has 0 saturated carbocycles. The Labute approximate surface area is 111 Å². The summed E-state index contributed by atoms with van der Waals surface area (Å²) in [5.74, 6) is 1.51. The third kappa shape index (κ3) is 3.51. The van der Waals surface area contributed by atoms with E-state index in [1.807, 2.05) is 24.3 Å². The van der Waals surface area contributed by atoms with Gasteiger partial charge in [0.05, 0.1) is 13.7 Å². The van der Waals surface area contributed by atoms with E-state index < -0.39 is 0 Å². The first-order valence-electron chi connectivity index (χ1n) is 5.92. The Morgan fingerprint density at radius 2 is 1.79 bits per heavy atom. The second-order valence-corrected chi connectivity index (χ2v) is 4.02. The fraction of sp³-hybridized carbons (Fsp3) is 0.214. The maximum absolute atomic E-state index is 11.5. The van der Waals surface area contributed by atoms with Crippen molar-refractivity contribution in [3.63, 3.8) is 0 Å². The van der Waals surface area contributed by atoms with Crippen molar-refractivity contribution in [1.82, 2.24) is 4.57 Å². The minimum atomic E-state index is -0.0902. The molecule has 1 heterocycles. The maximum atomic E-state index is 11.5. The molecule has 0 amide bonds. The van der Waals surface area contributed by atoms with Crippen LogP contribution in [0.1, 0.15) is 0 Å². The van der Waals surface area contributed by atoms with Crippen LogP contribution in [0.25, 0.3) is 0 Å². The van der Waals surface area contributed by atoms with Crippen LogP contribution >= 0.6 is 0 Å². The monoisotopic (exact) mass is 260 g/mol. The first-order valence-corrected chi connectivity index (χ1v) is 5.92. The number of nitrogen functional groups attached to an aromatic ring is 1. The molecule has 0 atom stereocenters. The summed E-state index contributed by atoms with van der Waals surface area (Å²) in [6.07, 6.45) is 1.61. The molecule has 0 saturated heterocycles. The highest BCUT2D eigenvalue weighted by atomic mass is 16.5. The Balaban J connectivity index is 1.92. The number of anilines is 1. The van der Waals surface area contributed by atoms with Crippen LogP contribution in [0.5, 0.6) is 11.5 Å². The number of aromatic nitrogens is 1. The lowest BCUT2D eigenvalue weighted by Crippen LogP contribution is -2.22. The molecule has 0 aliphatic rings. The highest BCUT2D eigenvalue weighted by Gasteiger charge is 1.98. The quantitative estimate of drug-likeness (QED) is 0.885. The summed E-state index contributed by atoms with van der Waals surface area (Å²) in [7, 11) is 1.61. The number of nitrogens with zero attached hydrogens (tertiary/aromatic N) is 1. The molecule has 100 valence electrons. The molecule has 0 aliphatic heterocycles. The van der Waals surface area contributed by atoms with E-state index >= 15 is 0 Å². The van der Waals surface area contributed by atoms with Crippen LogP contribution in [0.4, 0.5) is 5.69 Å². The maximum Gasteiger partial charge on any atom is 0.250 e. The number of ether oxygens (including phenoxy) is 2. The zero-order chi connectivity index (χ0) is 13.7. The molecule has 2 aromatic rings. The van der Waals surface area contributed by atoms with Crippen molar-refractivity contribution in [2.75, 3.05) is 19.5 Å². The van der Waals surface area contributed by atoms with Gasteiger partial charge in [-0.3, -0.25) is 4.79 Å². The third-order valence-electron chi connectivity index (χ3n) is 2.67. The molecule has 19 heavy (non-hydrogen) atoms. The van der Waals surface area contributed by atoms with Gasteiger partial charge in [0.25, 0.3) is 5.56 Å². The molecule has 1 aromatic heterocycles. The average Bonchev–Trinajstić information content (AvgIpc) is 2.43. The summed E-state index contributed by atoms with van der Waals surface area (Å²) in [5, 5.41) is 0. The largest absolute Gasteiger partial charge is 0.497 e. The zero-order valence-electron chi connectivity index (χ0n) is 10.7. The highest BCUT2D eigenvalue weighted by Crippen LogP contribution is 2.16. The van der Waals surface area contributed by atoms with Gasteiger partial charge >= 0.3 is 0 Å². The minimum absolute atomic E-state index is 0.0902. The number of rotatable bonds is 5. The van der Waals surface area contributed by atoms with Crippen LogP contribution in [-0.2, 0) is 6.54 Å². The highest BCUT2D eigenvalue weighted by molar-refractivity contribution is 5.33. The molecule has 2 rings (SSSR count). The summed E-state index contributed by atoms with van der Waals surface area (Å²) in [4.78, 5) is 11.5. The van der Waals surface area contributed by atoms with Gasteiger partial charge in [-0.25, -0.2) is 0 Å². The minimum Gasteiger partial charge on any atom is -0.497 e. The molecular formula is C14H16N2O3. The van der Waals surface area contributed by atoms with E-state index in [2.05, 4.69) is 0 Å². The van der Waals surface area contributed by atoms with E-state index in [4.69, 9.17) is 15.2 Å². The summed E-state index contributed by atoms with van der Waals surface area (Å²) < 4.78 is 12.1. The van der Waals surface area contributed by atoms with Crippen LogP contribution in [0.2, 0.25) is 0 Å². The van der Waals surface area contributed by atoms with Crippen LogP contribution < -0.4 is 20.8 Å². The number of pyridine rings is 1. The normalized spacial score (nSPS) is 10.2. The molecule has 1 aromatic carbocycles. The second kappa shape index (κ2) is 5.95. The Morgan fingerprint density at radius 1 is 1.11 bits per heavy atom.